The van der Waals surface area contributed by atoms with Crippen molar-refractivity contribution >= 4 is 27.3 Å². The summed E-state index contributed by atoms with van der Waals surface area (Å²) in [6.07, 6.45) is 1.19. The first-order valence-corrected chi connectivity index (χ1v) is 6.88. The van der Waals surface area contributed by atoms with Crippen LogP contribution in [0.2, 0.25) is 0 Å². The molecule has 0 saturated carbocycles. The molecular formula is C11H19BrN2S. The van der Waals surface area contributed by atoms with Gasteiger partial charge in [0.1, 0.15) is 0 Å². The van der Waals surface area contributed by atoms with Gasteiger partial charge in [0.05, 0.1) is 3.79 Å². The minimum absolute atomic E-state index is 0.621. The van der Waals surface area contributed by atoms with E-state index in [4.69, 9.17) is 0 Å². The molecule has 0 bridgehead atoms. The van der Waals surface area contributed by atoms with Crippen LogP contribution in [0.3, 0.4) is 0 Å². The quantitative estimate of drug-likeness (QED) is 0.867. The normalized spacial score (nSPS) is 13.4. The maximum Gasteiger partial charge on any atom is 0.0701 e. The average molecular weight is 291 g/mol. The van der Waals surface area contributed by atoms with E-state index in [2.05, 4.69) is 51.6 Å². The molecule has 0 amide bonds. The molecule has 1 rings (SSSR count). The Morgan fingerprint density at radius 3 is 2.87 bits per heavy atom. The zero-order valence-corrected chi connectivity index (χ0v) is 12.0. The molecule has 4 heteroatoms. The zero-order chi connectivity index (χ0) is 11.3. The summed E-state index contributed by atoms with van der Waals surface area (Å²) in [6.45, 7) is 4.39. The summed E-state index contributed by atoms with van der Waals surface area (Å²) in [5, 5.41) is 5.40. The highest BCUT2D eigenvalue weighted by Gasteiger charge is 2.09. The Hall–Kier alpha value is 0.100. The van der Waals surface area contributed by atoms with E-state index in [0.717, 1.165) is 13.1 Å². The van der Waals surface area contributed by atoms with Crippen LogP contribution in [0.5, 0.6) is 0 Å². The van der Waals surface area contributed by atoms with Crippen molar-refractivity contribution in [3.8, 4) is 0 Å². The Bertz CT molecular complexity index is 288. The minimum Gasteiger partial charge on any atom is -0.320 e. The number of halogens is 1. The van der Waals surface area contributed by atoms with Crippen LogP contribution in [0.15, 0.2) is 15.2 Å². The van der Waals surface area contributed by atoms with Gasteiger partial charge in [-0.25, -0.2) is 0 Å². The molecule has 1 N–H and O–H groups in total. The second-order valence-corrected chi connectivity index (χ2v) is 6.21. The van der Waals surface area contributed by atoms with Gasteiger partial charge in [0.2, 0.25) is 0 Å². The maximum absolute atomic E-state index is 3.49. The fraction of sp³-hybridized carbons (Fsp3) is 0.636. The first-order chi connectivity index (χ1) is 7.13. The predicted octanol–water partition coefficient (Wildman–Crippen LogP) is 2.94. The Morgan fingerprint density at radius 2 is 2.33 bits per heavy atom. The van der Waals surface area contributed by atoms with E-state index in [1.165, 1.54) is 15.8 Å². The Morgan fingerprint density at radius 1 is 1.60 bits per heavy atom. The number of thiophene rings is 1. The zero-order valence-electron chi connectivity index (χ0n) is 9.59. The van der Waals surface area contributed by atoms with Crippen molar-refractivity contribution in [2.75, 3.05) is 20.6 Å². The third-order valence-corrected chi connectivity index (χ3v) is 4.17. The molecule has 0 aliphatic rings. The molecule has 0 saturated heterocycles. The van der Waals surface area contributed by atoms with Crippen molar-refractivity contribution in [2.24, 2.45) is 0 Å². The predicted molar refractivity (Wildman–Crippen MR) is 71.5 cm³/mol. The summed E-state index contributed by atoms with van der Waals surface area (Å²) < 4.78 is 1.22. The molecule has 1 atom stereocenters. The lowest BCUT2D eigenvalue weighted by Crippen LogP contribution is -2.30. The van der Waals surface area contributed by atoms with E-state index in [0.29, 0.717) is 6.04 Å². The fourth-order valence-electron chi connectivity index (χ4n) is 1.45. The lowest BCUT2D eigenvalue weighted by Gasteiger charge is -2.24. The molecule has 0 aliphatic carbocycles. The number of hydrogen-bond acceptors (Lipinski definition) is 3. The number of nitrogens with zero attached hydrogens (tertiary/aromatic N) is 1. The van der Waals surface area contributed by atoms with Crippen molar-refractivity contribution in [1.29, 1.82) is 0 Å². The monoisotopic (exact) mass is 290 g/mol. The number of rotatable bonds is 6. The van der Waals surface area contributed by atoms with Crippen molar-refractivity contribution in [2.45, 2.75) is 25.9 Å². The highest BCUT2D eigenvalue weighted by Crippen LogP contribution is 2.22. The van der Waals surface area contributed by atoms with E-state index in [1.54, 1.807) is 11.3 Å². The van der Waals surface area contributed by atoms with Gasteiger partial charge in [-0.2, -0.15) is 0 Å². The second kappa shape index (κ2) is 6.63. The summed E-state index contributed by atoms with van der Waals surface area (Å²) in [5.41, 5.74) is 1.39. The molecule has 0 aromatic carbocycles. The fourth-order valence-corrected chi connectivity index (χ4v) is 2.65. The second-order valence-electron chi connectivity index (χ2n) is 3.92. The topological polar surface area (TPSA) is 15.3 Å². The third-order valence-electron chi connectivity index (χ3n) is 2.62. The summed E-state index contributed by atoms with van der Waals surface area (Å²) in [4.78, 5) is 2.39. The number of hydrogen-bond donors (Lipinski definition) is 1. The first kappa shape index (κ1) is 13.2. The van der Waals surface area contributed by atoms with Crippen molar-refractivity contribution in [3.05, 3.63) is 20.8 Å². The smallest absolute Gasteiger partial charge is 0.0701 e. The summed E-state index contributed by atoms with van der Waals surface area (Å²) in [7, 11) is 4.19. The highest BCUT2D eigenvalue weighted by molar-refractivity contribution is 9.11. The molecule has 0 radical (unpaired) electrons. The number of nitrogens with one attached hydrogen (secondary N) is 1. The van der Waals surface area contributed by atoms with Gasteiger partial charge in [-0.3, -0.25) is 4.90 Å². The standard InChI is InChI=1S/C11H19BrN2S/c1-9(4-5-13-2)14(3)7-10-6-11(12)15-8-10/h6,8-9,13H,4-5,7H2,1-3H3. The van der Waals surface area contributed by atoms with Crippen LogP contribution in [0.4, 0.5) is 0 Å². The average Bonchev–Trinajstić information content (AvgIpc) is 2.60. The molecule has 15 heavy (non-hydrogen) atoms. The lowest BCUT2D eigenvalue weighted by atomic mass is 10.2. The van der Waals surface area contributed by atoms with Crippen LogP contribution in [0.1, 0.15) is 18.9 Å². The first-order valence-electron chi connectivity index (χ1n) is 5.21. The maximum atomic E-state index is 3.49. The van der Waals surface area contributed by atoms with Gasteiger partial charge in [0.15, 0.2) is 0 Å². The summed E-state index contributed by atoms with van der Waals surface area (Å²) in [5.74, 6) is 0. The van der Waals surface area contributed by atoms with Crippen LogP contribution in [0, 0.1) is 0 Å². The van der Waals surface area contributed by atoms with E-state index >= 15 is 0 Å². The molecular weight excluding hydrogens is 272 g/mol. The largest absolute Gasteiger partial charge is 0.320 e. The van der Waals surface area contributed by atoms with Gasteiger partial charge in [0.25, 0.3) is 0 Å². The van der Waals surface area contributed by atoms with Gasteiger partial charge in [-0.15, -0.1) is 11.3 Å². The third kappa shape index (κ3) is 4.64. The van der Waals surface area contributed by atoms with Crippen LogP contribution in [0.25, 0.3) is 0 Å². The van der Waals surface area contributed by atoms with Crippen LogP contribution in [-0.4, -0.2) is 31.6 Å². The molecule has 1 unspecified atom stereocenters. The lowest BCUT2D eigenvalue weighted by molar-refractivity contribution is 0.238. The van der Waals surface area contributed by atoms with Crippen molar-refractivity contribution in [1.82, 2.24) is 10.2 Å². The Labute approximate surface area is 105 Å². The van der Waals surface area contributed by atoms with Crippen molar-refractivity contribution in [3.63, 3.8) is 0 Å². The van der Waals surface area contributed by atoms with Gasteiger partial charge in [-0.1, -0.05) is 0 Å². The van der Waals surface area contributed by atoms with Gasteiger partial charge >= 0.3 is 0 Å². The Kier molecular flexibility index (Phi) is 5.82. The van der Waals surface area contributed by atoms with E-state index in [9.17, 15) is 0 Å². The van der Waals surface area contributed by atoms with E-state index in [-0.39, 0.29) is 0 Å². The van der Waals surface area contributed by atoms with Crippen LogP contribution >= 0.6 is 27.3 Å². The van der Waals surface area contributed by atoms with E-state index < -0.39 is 0 Å². The molecule has 0 spiro atoms. The molecule has 1 aromatic rings. The molecule has 2 nitrogen and oxygen atoms in total. The van der Waals surface area contributed by atoms with Gasteiger partial charge < -0.3 is 5.32 Å². The molecule has 0 fully saturated rings. The SMILES string of the molecule is CNCCC(C)N(C)Cc1csc(Br)c1. The summed E-state index contributed by atoms with van der Waals surface area (Å²) >= 11 is 5.24. The van der Waals surface area contributed by atoms with Gasteiger partial charge in [0, 0.05) is 12.6 Å². The molecule has 1 aromatic heterocycles. The minimum atomic E-state index is 0.621. The van der Waals surface area contributed by atoms with Crippen LogP contribution < -0.4 is 5.32 Å². The highest BCUT2D eigenvalue weighted by atomic mass is 79.9. The molecule has 1 heterocycles. The van der Waals surface area contributed by atoms with E-state index in [1.807, 2.05) is 7.05 Å². The molecule has 86 valence electrons. The van der Waals surface area contributed by atoms with Crippen molar-refractivity contribution < 1.29 is 0 Å². The Balaban J connectivity index is 2.37. The van der Waals surface area contributed by atoms with Gasteiger partial charge in [-0.05, 0) is 66.9 Å². The molecule has 0 aliphatic heterocycles. The summed E-state index contributed by atoms with van der Waals surface area (Å²) in [6, 6.07) is 2.82. The van der Waals surface area contributed by atoms with Crippen LogP contribution in [-0.2, 0) is 6.54 Å².